The van der Waals surface area contributed by atoms with Gasteiger partial charge in [0.25, 0.3) is 5.92 Å². The van der Waals surface area contributed by atoms with Gasteiger partial charge in [-0.3, -0.25) is 0 Å². The summed E-state index contributed by atoms with van der Waals surface area (Å²) in [7, 11) is 0. The topological polar surface area (TPSA) is 97.8 Å². The van der Waals surface area contributed by atoms with Crippen LogP contribution in [0.1, 0.15) is 12.0 Å². The third-order valence-corrected chi connectivity index (χ3v) is 2.31. The van der Waals surface area contributed by atoms with Gasteiger partial charge in [-0.1, -0.05) is 5.10 Å². The monoisotopic (exact) mass is 204 g/mol. The Labute approximate surface area is 76.2 Å². The lowest BCUT2D eigenvalue weighted by molar-refractivity contribution is -0.390. The molecule has 0 amide bonds. The molecule has 76 valence electrons. The van der Waals surface area contributed by atoms with Crippen LogP contribution in [0.5, 0.6) is 0 Å². The van der Waals surface area contributed by atoms with Gasteiger partial charge in [-0.2, -0.15) is 0 Å². The molecule has 0 bridgehead atoms. The van der Waals surface area contributed by atoms with Crippen molar-refractivity contribution in [2.45, 2.75) is 17.9 Å². The summed E-state index contributed by atoms with van der Waals surface area (Å²) >= 11 is 0. The molecule has 1 fully saturated rings. The minimum Gasteiger partial charge on any atom is -0.358 e. The number of nitrogens with zero attached hydrogens (tertiary/aromatic N) is 2. The second-order valence-electron chi connectivity index (χ2n) is 3.24. The fraction of sp³-hybridized carbons (Fsp3) is 0.500. The fourth-order valence-electron chi connectivity index (χ4n) is 1.34. The van der Waals surface area contributed by atoms with Gasteiger partial charge in [0, 0.05) is 6.42 Å². The van der Waals surface area contributed by atoms with E-state index < -0.39 is 28.6 Å². The van der Waals surface area contributed by atoms with Gasteiger partial charge >= 0.3 is 5.82 Å². The predicted molar refractivity (Wildman–Crippen MR) is 40.7 cm³/mol. The van der Waals surface area contributed by atoms with Gasteiger partial charge in [0.05, 0.1) is 11.8 Å². The van der Waals surface area contributed by atoms with Crippen molar-refractivity contribution in [2.24, 2.45) is 5.73 Å². The molecule has 0 radical (unpaired) electrons. The first-order valence-electron chi connectivity index (χ1n) is 3.73. The summed E-state index contributed by atoms with van der Waals surface area (Å²) in [5.41, 5.74) is 3.14. The second-order valence-corrected chi connectivity index (χ2v) is 3.24. The highest BCUT2D eigenvalue weighted by Crippen LogP contribution is 2.58. The molecule has 1 heterocycles. The van der Waals surface area contributed by atoms with E-state index in [0.717, 1.165) is 6.20 Å². The molecule has 0 aromatic carbocycles. The van der Waals surface area contributed by atoms with Crippen molar-refractivity contribution in [3.05, 3.63) is 21.9 Å². The van der Waals surface area contributed by atoms with E-state index in [0.29, 0.717) is 0 Å². The molecule has 14 heavy (non-hydrogen) atoms. The van der Waals surface area contributed by atoms with Crippen LogP contribution in [0.25, 0.3) is 0 Å². The van der Waals surface area contributed by atoms with E-state index in [9.17, 15) is 18.9 Å². The van der Waals surface area contributed by atoms with E-state index in [-0.39, 0.29) is 5.56 Å². The summed E-state index contributed by atoms with van der Waals surface area (Å²) in [6, 6.07) is 0. The highest BCUT2D eigenvalue weighted by molar-refractivity contribution is 5.44. The van der Waals surface area contributed by atoms with Crippen LogP contribution in [0.2, 0.25) is 0 Å². The van der Waals surface area contributed by atoms with E-state index in [1.54, 1.807) is 0 Å². The first-order chi connectivity index (χ1) is 6.38. The lowest BCUT2D eigenvalue weighted by Crippen LogP contribution is -2.27. The number of aromatic nitrogens is 2. The van der Waals surface area contributed by atoms with E-state index in [1.807, 2.05) is 5.10 Å². The Hall–Kier alpha value is -1.57. The van der Waals surface area contributed by atoms with Gasteiger partial charge < -0.3 is 15.8 Å². The summed E-state index contributed by atoms with van der Waals surface area (Å²) in [6.07, 6.45) is 0.388. The minimum absolute atomic E-state index is 0.243. The number of hydrogen-bond donors (Lipinski definition) is 2. The predicted octanol–water partition coefficient (Wildman–Crippen LogP) is 0.511. The highest BCUT2D eigenvalue weighted by atomic mass is 19.3. The zero-order valence-electron chi connectivity index (χ0n) is 6.83. The molecule has 1 aromatic heterocycles. The third kappa shape index (κ3) is 0.939. The van der Waals surface area contributed by atoms with Gasteiger partial charge in [0.1, 0.15) is 5.54 Å². The maximum Gasteiger partial charge on any atom is 0.347 e. The van der Waals surface area contributed by atoms with Crippen LogP contribution in [0.4, 0.5) is 14.6 Å². The molecule has 1 aliphatic rings. The number of H-pyrrole nitrogens is 1. The minimum atomic E-state index is -3.08. The number of rotatable bonds is 2. The number of hydrogen-bond acceptors (Lipinski definition) is 4. The average molecular weight is 204 g/mol. The molecule has 6 nitrogen and oxygen atoms in total. The van der Waals surface area contributed by atoms with Crippen molar-refractivity contribution in [2.75, 3.05) is 0 Å². The first-order valence-corrected chi connectivity index (χ1v) is 3.73. The molecule has 0 saturated heterocycles. The Morgan fingerprint density at radius 2 is 2.29 bits per heavy atom. The number of nitro groups is 1. The molecule has 3 N–H and O–H groups in total. The molecule has 1 saturated carbocycles. The van der Waals surface area contributed by atoms with Crippen molar-refractivity contribution in [1.29, 1.82) is 0 Å². The van der Waals surface area contributed by atoms with Gasteiger partial charge in [-0.05, 0) is 4.92 Å². The van der Waals surface area contributed by atoms with Crippen LogP contribution in [0, 0.1) is 10.1 Å². The number of nitrogens with two attached hydrogens (primary N) is 1. The molecule has 1 aliphatic carbocycles. The number of halogens is 2. The van der Waals surface area contributed by atoms with Gasteiger partial charge in [0.2, 0.25) is 0 Å². The summed E-state index contributed by atoms with van der Waals surface area (Å²) < 4.78 is 25.6. The standard InChI is InChI=1S/C6H6F2N4O2/c7-6(8)2-5(6,9)3-1-10-11-4(3)12(13)14/h1H,2,9H2,(H,10,11). The molecule has 0 aliphatic heterocycles. The summed E-state index contributed by atoms with van der Waals surface area (Å²) in [5, 5.41) is 15.8. The lowest BCUT2D eigenvalue weighted by Gasteiger charge is -2.06. The van der Waals surface area contributed by atoms with Crippen LogP contribution < -0.4 is 5.73 Å². The Balaban J connectivity index is 2.44. The van der Waals surface area contributed by atoms with Crippen LogP contribution in [0.3, 0.4) is 0 Å². The van der Waals surface area contributed by atoms with Crippen molar-refractivity contribution in [3.63, 3.8) is 0 Å². The molecule has 1 unspecified atom stereocenters. The number of nitrogens with one attached hydrogen (secondary N) is 1. The zero-order valence-corrected chi connectivity index (χ0v) is 6.83. The van der Waals surface area contributed by atoms with E-state index in [2.05, 4.69) is 5.10 Å². The largest absolute Gasteiger partial charge is 0.358 e. The Bertz CT molecular complexity index is 404. The van der Waals surface area contributed by atoms with E-state index >= 15 is 0 Å². The molecule has 1 aromatic rings. The summed E-state index contributed by atoms with van der Waals surface area (Å²) in [6.45, 7) is 0. The zero-order chi connectivity index (χ0) is 10.6. The Morgan fingerprint density at radius 3 is 2.71 bits per heavy atom. The molecular weight excluding hydrogens is 198 g/mol. The SMILES string of the molecule is NC1(c2cn[nH]c2[N+](=O)[O-])CC1(F)F. The number of aromatic amines is 1. The normalized spacial score (nSPS) is 28.8. The molecule has 2 rings (SSSR count). The van der Waals surface area contributed by atoms with Crippen molar-refractivity contribution >= 4 is 5.82 Å². The van der Waals surface area contributed by atoms with Crippen LogP contribution in [-0.2, 0) is 5.54 Å². The van der Waals surface area contributed by atoms with Crippen LogP contribution in [0.15, 0.2) is 6.20 Å². The fourth-order valence-corrected chi connectivity index (χ4v) is 1.34. The maximum atomic E-state index is 12.8. The molecule has 1 atom stereocenters. The maximum absolute atomic E-state index is 12.8. The van der Waals surface area contributed by atoms with Crippen molar-refractivity contribution < 1.29 is 13.7 Å². The van der Waals surface area contributed by atoms with E-state index in [4.69, 9.17) is 5.73 Å². The third-order valence-electron chi connectivity index (χ3n) is 2.31. The number of alkyl halides is 2. The van der Waals surface area contributed by atoms with Gasteiger partial charge in [-0.25, -0.2) is 8.78 Å². The van der Waals surface area contributed by atoms with Crippen LogP contribution in [-0.4, -0.2) is 21.0 Å². The molecular formula is C6H6F2N4O2. The Morgan fingerprint density at radius 1 is 1.71 bits per heavy atom. The quantitative estimate of drug-likeness (QED) is 0.541. The van der Waals surface area contributed by atoms with Gasteiger partial charge in [-0.15, -0.1) is 5.10 Å². The lowest BCUT2D eigenvalue weighted by atomic mass is 10.1. The van der Waals surface area contributed by atoms with Crippen LogP contribution >= 0.6 is 0 Å². The second kappa shape index (κ2) is 2.27. The smallest absolute Gasteiger partial charge is 0.347 e. The van der Waals surface area contributed by atoms with Gasteiger partial charge in [0.15, 0.2) is 0 Å². The average Bonchev–Trinajstić information content (AvgIpc) is 2.52. The highest BCUT2D eigenvalue weighted by Gasteiger charge is 2.72. The summed E-state index contributed by atoms with van der Waals surface area (Å²) in [4.78, 5) is 9.59. The summed E-state index contributed by atoms with van der Waals surface area (Å²) in [5.74, 6) is -3.65. The van der Waals surface area contributed by atoms with E-state index in [1.165, 1.54) is 0 Å². The van der Waals surface area contributed by atoms with Crippen molar-refractivity contribution in [3.8, 4) is 0 Å². The molecule has 8 heteroatoms. The molecule has 0 spiro atoms. The Kier molecular flexibility index (Phi) is 1.46. The van der Waals surface area contributed by atoms with Crippen molar-refractivity contribution in [1.82, 2.24) is 10.2 Å². The first kappa shape index (κ1) is 9.00.